The average molecular weight is 367 g/mol. The van der Waals surface area contributed by atoms with Gasteiger partial charge in [-0.2, -0.15) is 0 Å². The molecule has 0 aliphatic carbocycles. The second-order valence-corrected chi connectivity index (χ2v) is 6.27. The minimum absolute atomic E-state index is 0.0118. The van der Waals surface area contributed by atoms with Gasteiger partial charge >= 0.3 is 0 Å². The average Bonchev–Trinajstić information content (AvgIpc) is 2.69. The number of carbonyl (C=O) groups excluding carboxylic acids is 3. The third-order valence-corrected chi connectivity index (χ3v) is 4.13. The lowest BCUT2D eigenvalue weighted by atomic mass is 10.1. The topological polar surface area (TPSA) is 101 Å². The van der Waals surface area contributed by atoms with Gasteiger partial charge in [-0.05, 0) is 42.7 Å². The SMILES string of the molecule is NC(=O)c1ccc(CNC(=O)CCCCCNC(=O)c2ccccc2)cc1. The minimum atomic E-state index is -0.467. The van der Waals surface area contributed by atoms with Crippen LogP contribution in [-0.2, 0) is 11.3 Å². The van der Waals surface area contributed by atoms with Crippen molar-refractivity contribution in [3.05, 3.63) is 71.3 Å². The van der Waals surface area contributed by atoms with E-state index in [1.54, 1.807) is 36.4 Å². The lowest BCUT2D eigenvalue weighted by molar-refractivity contribution is -0.121. The van der Waals surface area contributed by atoms with Gasteiger partial charge in [-0.1, -0.05) is 36.8 Å². The van der Waals surface area contributed by atoms with Gasteiger partial charge in [0.15, 0.2) is 0 Å². The highest BCUT2D eigenvalue weighted by atomic mass is 16.2. The Bertz CT molecular complexity index is 758. The number of rotatable bonds is 10. The molecule has 27 heavy (non-hydrogen) atoms. The van der Waals surface area contributed by atoms with Crippen LogP contribution in [0.3, 0.4) is 0 Å². The highest BCUT2D eigenvalue weighted by Crippen LogP contribution is 2.05. The van der Waals surface area contributed by atoms with Crippen molar-refractivity contribution >= 4 is 17.7 Å². The zero-order valence-electron chi connectivity index (χ0n) is 15.2. The van der Waals surface area contributed by atoms with Crippen LogP contribution in [0.4, 0.5) is 0 Å². The standard InChI is InChI=1S/C21H25N3O3/c22-20(26)17-12-10-16(11-13-17)15-24-19(25)9-5-2-6-14-23-21(27)18-7-3-1-4-8-18/h1,3-4,7-8,10-13H,2,5-6,9,14-15H2,(H2,22,26)(H,23,27)(H,24,25). The molecule has 0 aromatic heterocycles. The second kappa shape index (κ2) is 10.8. The molecule has 0 saturated heterocycles. The molecule has 2 aromatic rings. The van der Waals surface area contributed by atoms with Crippen LogP contribution in [0.5, 0.6) is 0 Å². The van der Waals surface area contributed by atoms with E-state index in [9.17, 15) is 14.4 Å². The lowest BCUT2D eigenvalue weighted by Gasteiger charge is -2.07. The molecule has 0 heterocycles. The highest BCUT2D eigenvalue weighted by Gasteiger charge is 2.05. The maximum atomic E-state index is 11.9. The van der Waals surface area contributed by atoms with Crippen LogP contribution in [-0.4, -0.2) is 24.3 Å². The molecule has 0 aliphatic heterocycles. The Morgan fingerprint density at radius 1 is 0.778 bits per heavy atom. The Balaban J connectivity index is 1.54. The van der Waals surface area contributed by atoms with Crippen LogP contribution in [0.2, 0.25) is 0 Å². The van der Waals surface area contributed by atoms with E-state index in [0.29, 0.717) is 30.6 Å². The van der Waals surface area contributed by atoms with E-state index in [4.69, 9.17) is 5.73 Å². The van der Waals surface area contributed by atoms with Crippen LogP contribution in [0.25, 0.3) is 0 Å². The van der Waals surface area contributed by atoms with Crippen molar-refractivity contribution in [2.45, 2.75) is 32.2 Å². The number of carbonyl (C=O) groups is 3. The quantitative estimate of drug-likeness (QED) is 0.562. The predicted octanol–water partition coefficient (Wildman–Crippen LogP) is 2.39. The van der Waals surface area contributed by atoms with Gasteiger partial charge in [-0.3, -0.25) is 14.4 Å². The normalized spacial score (nSPS) is 10.2. The Labute approximate surface area is 159 Å². The third kappa shape index (κ3) is 7.32. The Kier molecular flexibility index (Phi) is 8.03. The lowest BCUT2D eigenvalue weighted by Crippen LogP contribution is -2.24. The molecule has 0 radical (unpaired) electrons. The fraction of sp³-hybridized carbons (Fsp3) is 0.286. The molecule has 0 atom stereocenters. The fourth-order valence-corrected chi connectivity index (χ4v) is 2.56. The zero-order chi connectivity index (χ0) is 19.5. The van der Waals surface area contributed by atoms with E-state index in [-0.39, 0.29) is 11.8 Å². The number of nitrogens with two attached hydrogens (primary N) is 1. The molecule has 142 valence electrons. The molecule has 2 aromatic carbocycles. The van der Waals surface area contributed by atoms with Crippen molar-refractivity contribution in [3.63, 3.8) is 0 Å². The molecule has 2 rings (SSSR count). The van der Waals surface area contributed by atoms with Gasteiger partial charge < -0.3 is 16.4 Å². The molecule has 6 heteroatoms. The molecule has 0 spiro atoms. The van der Waals surface area contributed by atoms with Crippen LogP contribution >= 0.6 is 0 Å². The van der Waals surface area contributed by atoms with Crippen LogP contribution in [0, 0.1) is 0 Å². The van der Waals surface area contributed by atoms with E-state index in [1.807, 2.05) is 18.2 Å². The summed E-state index contributed by atoms with van der Waals surface area (Å²) in [6.45, 7) is 1.02. The molecular weight excluding hydrogens is 342 g/mol. The van der Waals surface area contributed by atoms with E-state index in [2.05, 4.69) is 10.6 Å². The molecular formula is C21H25N3O3. The smallest absolute Gasteiger partial charge is 0.251 e. The van der Waals surface area contributed by atoms with Gasteiger partial charge in [0.1, 0.15) is 0 Å². The summed E-state index contributed by atoms with van der Waals surface area (Å²) in [4.78, 5) is 34.7. The van der Waals surface area contributed by atoms with Gasteiger partial charge in [0, 0.05) is 30.6 Å². The van der Waals surface area contributed by atoms with E-state index in [1.165, 1.54) is 0 Å². The maximum absolute atomic E-state index is 11.9. The first-order chi connectivity index (χ1) is 13.1. The number of hydrogen-bond donors (Lipinski definition) is 3. The number of nitrogens with one attached hydrogen (secondary N) is 2. The van der Waals surface area contributed by atoms with Crippen LogP contribution < -0.4 is 16.4 Å². The summed E-state index contributed by atoms with van der Waals surface area (Å²) in [7, 11) is 0. The van der Waals surface area contributed by atoms with Crippen molar-refractivity contribution in [1.29, 1.82) is 0 Å². The van der Waals surface area contributed by atoms with E-state index >= 15 is 0 Å². The first-order valence-electron chi connectivity index (χ1n) is 9.05. The first-order valence-corrected chi connectivity index (χ1v) is 9.05. The zero-order valence-corrected chi connectivity index (χ0v) is 15.2. The molecule has 0 fully saturated rings. The highest BCUT2D eigenvalue weighted by molar-refractivity contribution is 5.94. The molecule has 3 amide bonds. The fourth-order valence-electron chi connectivity index (χ4n) is 2.56. The third-order valence-electron chi connectivity index (χ3n) is 4.13. The van der Waals surface area contributed by atoms with Gasteiger partial charge in [-0.25, -0.2) is 0 Å². The van der Waals surface area contributed by atoms with Crippen molar-refractivity contribution in [3.8, 4) is 0 Å². The molecule has 0 aliphatic rings. The van der Waals surface area contributed by atoms with Crippen LogP contribution in [0.15, 0.2) is 54.6 Å². The molecule has 6 nitrogen and oxygen atoms in total. The molecule has 0 unspecified atom stereocenters. The summed E-state index contributed by atoms with van der Waals surface area (Å²) in [5.74, 6) is -0.552. The van der Waals surface area contributed by atoms with Gasteiger partial charge in [0.2, 0.25) is 11.8 Å². The number of amides is 3. The number of hydrogen-bond acceptors (Lipinski definition) is 3. The van der Waals surface area contributed by atoms with Crippen LogP contribution in [0.1, 0.15) is 52.0 Å². The van der Waals surface area contributed by atoms with E-state index in [0.717, 1.165) is 24.8 Å². The number of primary amides is 1. The summed E-state index contributed by atoms with van der Waals surface area (Å²) in [6, 6.07) is 15.9. The van der Waals surface area contributed by atoms with Gasteiger partial charge in [-0.15, -0.1) is 0 Å². The first kappa shape index (κ1) is 20.2. The van der Waals surface area contributed by atoms with E-state index < -0.39 is 5.91 Å². The minimum Gasteiger partial charge on any atom is -0.366 e. The summed E-state index contributed by atoms with van der Waals surface area (Å²) in [5, 5.41) is 5.73. The number of unbranched alkanes of at least 4 members (excludes halogenated alkanes) is 2. The molecule has 0 bridgehead atoms. The Morgan fingerprint density at radius 3 is 2.15 bits per heavy atom. The van der Waals surface area contributed by atoms with Crippen molar-refractivity contribution in [1.82, 2.24) is 10.6 Å². The predicted molar refractivity (Wildman–Crippen MR) is 104 cm³/mol. The monoisotopic (exact) mass is 367 g/mol. The summed E-state index contributed by atoms with van der Waals surface area (Å²) in [6.07, 6.45) is 2.93. The van der Waals surface area contributed by atoms with Crippen molar-refractivity contribution in [2.24, 2.45) is 5.73 Å². The van der Waals surface area contributed by atoms with Crippen molar-refractivity contribution in [2.75, 3.05) is 6.54 Å². The Hall–Kier alpha value is -3.15. The summed E-state index contributed by atoms with van der Waals surface area (Å²) in [5.41, 5.74) is 7.21. The van der Waals surface area contributed by atoms with Gasteiger partial charge in [0.25, 0.3) is 5.91 Å². The number of benzene rings is 2. The maximum Gasteiger partial charge on any atom is 0.251 e. The van der Waals surface area contributed by atoms with Gasteiger partial charge in [0.05, 0.1) is 0 Å². The van der Waals surface area contributed by atoms with Crippen molar-refractivity contribution < 1.29 is 14.4 Å². The Morgan fingerprint density at radius 2 is 1.48 bits per heavy atom. The largest absolute Gasteiger partial charge is 0.366 e. The molecule has 0 saturated carbocycles. The summed E-state index contributed by atoms with van der Waals surface area (Å²) < 4.78 is 0. The second-order valence-electron chi connectivity index (χ2n) is 6.27. The summed E-state index contributed by atoms with van der Waals surface area (Å²) >= 11 is 0. The molecule has 4 N–H and O–H groups in total.